The number of halogens is 2. The fourth-order valence-corrected chi connectivity index (χ4v) is 2.77. The molecule has 7 heteroatoms. The topological polar surface area (TPSA) is 61.1 Å². The van der Waals surface area contributed by atoms with Crippen LogP contribution in [0.3, 0.4) is 0 Å². The van der Waals surface area contributed by atoms with E-state index in [1.807, 2.05) is 0 Å². The smallest absolute Gasteiger partial charge is 0.123 e. The van der Waals surface area contributed by atoms with Gasteiger partial charge in [0.2, 0.25) is 0 Å². The van der Waals surface area contributed by atoms with Crippen LogP contribution in [0.2, 0.25) is 5.15 Å². The lowest BCUT2D eigenvalue weighted by molar-refractivity contribution is 0.603. The van der Waals surface area contributed by atoms with Gasteiger partial charge in [-0.15, -0.1) is 0 Å². The van der Waals surface area contributed by atoms with Gasteiger partial charge in [-0.05, 0) is 28.1 Å². The summed E-state index contributed by atoms with van der Waals surface area (Å²) in [5, 5.41) is 0.0395. The first kappa shape index (κ1) is 13.3. The molecule has 0 saturated heterocycles. The number of hydrogen-bond acceptors (Lipinski definition) is 3. The molecule has 0 atom stereocenters. The van der Waals surface area contributed by atoms with E-state index >= 15 is 0 Å². The zero-order valence-corrected chi connectivity index (χ0v) is 12.1. The van der Waals surface area contributed by atoms with Crippen LogP contribution in [-0.2, 0) is 10.0 Å². The molecule has 18 heavy (non-hydrogen) atoms. The highest BCUT2D eigenvalue weighted by Crippen LogP contribution is 2.34. The molecule has 0 aliphatic carbocycles. The van der Waals surface area contributed by atoms with Gasteiger partial charge in [-0.2, -0.15) is 0 Å². The molecule has 0 fully saturated rings. The minimum atomic E-state index is -3.77. The second-order valence-electron chi connectivity index (χ2n) is 3.34. The lowest BCUT2D eigenvalue weighted by Gasteiger charge is -2.22. The van der Waals surface area contributed by atoms with E-state index in [4.69, 9.17) is 11.6 Å². The van der Waals surface area contributed by atoms with E-state index in [0.717, 1.165) is 0 Å². The number of nitrogens with zero attached hydrogens (tertiary/aromatic N) is 2. The molecule has 1 aromatic heterocycles. The first-order valence-corrected chi connectivity index (χ1v) is 7.44. The Hall–Kier alpha value is -1.11. The van der Waals surface area contributed by atoms with E-state index in [0.29, 0.717) is 4.47 Å². The van der Waals surface area contributed by atoms with Crippen LogP contribution < -0.4 is 0 Å². The average molecular weight is 347 g/mol. The monoisotopic (exact) mass is 345 g/mol. The molecular formula is C11H7BrClN2O2S-. The summed E-state index contributed by atoms with van der Waals surface area (Å²) in [6, 6.07) is 9.42. The Morgan fingerprint density at radius 2 is 1.89 bits per heavy atom. The number of hydrogen-bond donors (Lipinski definition) is 0. The molecule has 0 radical (unpaired) electrons. The van der Waals surface area contributed by atoms with Gasteiger partial charge in [0.1, 0.15) is 15.2 Å². The Morgan fingerprint density at radius 1 is 1.22 bits per heavy atom. The molecule has 0 aliphatic rings. The van der Waals surface area contributed by atoms with Crippen molar-refractivity contribution in [2.24, 2.45) is 0 Å². The second-order valence-corrected chi connectivity index (χ2v) is 6.22. The number of pyridine rings is 1. The Kier molecular flexibility index (Phi) is 3.89. The van der Waals surface area contributed by atoms with Crippen LogP contribution in [0.4, 0.5) is 5.69 Å². The average Bonchev–Trinajstić information content (AvgIpc) is 2.35. The molecular weight excluding hydrogens is 340 g/mol. The first-order chi connectivity index (χ1) is 8.49. The molecule has 0 bridgehead atoms. The van der Waals surface area contributed by atoms with E-state index in [-0.39, 0.29) is 15.7 Å². The summed E-state index contributed by atoms with van der Waals surface area (Å²) >= 11 is 8.98. The molecule has 0 spiro atoms. The molecule has 0 saturated carbocycles. The van der Waals surface area contributed by atoms with Gasteiger partial charge in [-0.1, -0.05) is 41.6 Å². The summed E-state index contributed by atoms with van der Waals surface area (Å²) in [6.07, 6.45) is 1.47. The quantitative estimate of drug-likeness (QED) is 0.792. The van der Waals surface area contributed by atoms with E-state index in [1.54, 1.807) is 18.2 Å². The van der Waals surface area contributed by atoms with Gasteiger partial charge in [0.25, 0.3) is 0 Å². The second kappa shape index (κ2) is 5.26. The number of rotatable bonds is 3. The minimum Gasteiger partial charge on any atom is -0.570 e. The molecule has 2 rings (SSSR count). The summed E-state index contributed by atoms with van der Waals surface area (Å²) in [6.45, 7) is 0. The third kappa shape index (κ3) is 3.01. The standard InChI is InChI=1S/C11H7BrClN2O2S/c12-8-6-10(11(13)14-7-8)15-18(16,17)9-4-2-1-3-5-9/h1-7H/q-1. The van der Waals surface area contributed by atoms with Crippen molar-refractivity contribution in [1.82, 2.24) is 4.98 Å². The third-order valence-corrected chi connectivity index (χ3v) is 4.08. The van der Waals surface area contributed by atoms with Crippen LogP contribution in [0.5, 0.6) is 0 Å². The van der Waals surface area contributed by atoms with Gasteiger partial charge >= 0.3 is 0 Å². The lowest BCUT2D eigenvalue weighted by Crippen LogP contribution is -1.97. The first-order valence-electron chi connectivity index (χ1n) is 4.83. The van der Waals surface area contributed by atoms with Crippen molar-refractivity contribution >= 4 is 43.2 Å². The number of benzene rings is 1. The molecule has 0 amide bonds. The van der Waals surface area contributed by atoms with Crippen LogP contribution in [0.25, 0.3) is 4.72 Å². The normalized spacial score (nSPS) is 11.2. The Labute approximate surface area is 118 Å². The Morgan fingerprint density at radius 3 is 2.56 bits per heavy atom. The van der Waals surface area contributed by atoms with Crippen LogP contribution >= 0.6 is 27.5 Å². The molecule has 0 N–H and O–H groups in total. The summed E-state index contributed by atoms with van der Waals surface area (Å²) in [4.78, 5) is 3.93. The Balaban J connectivity index is 2.37. The van der Waals surface area contributed by atoms with Crippen LogP contribution in [0, 0.1) is 0 Å². The summed E-state index contributed by atoms with van der Waals surface area (Å²) < 4.78 is 28.3. The zero-order valence-electron chi connectivity index (χ0n) is 8.92. The maximum atomic E-state index is 12.0. The summed E-state index contributed by atoms with van der Waals surface area (Å²) in [5.41, 5.74) is 0.106. The zero-order chi connectivity index (χ0) is 13.2. The molecule has 94 valence electrons. The van der Waals surface area contributed by atoms with E-state index in [9.17, 15) is 8.42 Å². The molecule has 0 unspecified atom stereocenters. The highest BCUT2D eigenvalue weighted by Gasteiger charge is 2.05. The maximum Gasteiger partial charge on any atom is 0.123 e. The third-order valence-electron chi connectivity index (χ3n) is 2.05. The van der Waals surface area contributed by atoms with Crippen molar-refractivity contribution in [3.63, 3.8) is 0 Å². The Bertz CT molecular complexity index is 662. The van der Waals surface area contributed by atoms with Gasteiger partial charge in [-0.25, -0.2) is 13.4 Å². The number of aromatic nitrogens is 1. The fourth-order valence-electron chi connectivity index (χ4n) is 1.25. The molecule has 2 aromatic rings. The SMILES string of the molecule is O=S(=O)([N-]c1cc(Br)cnc1Cl)c1ccccc1. The van der Waals surface area contributed by atoms with Crippen LogP contribution in [0.1, 0.15) is 0 Å². The van der Waals surface area contributed by atoms with Crippen molar-refractivity contribution in [2.75, 3.05) is 0 Å². The lowest BCUT2D eigenvalue weighted by atomic mass is 10.4. The van der Waals surface area contributed by atoms with Crippen LogP contribution in [0.15, 0.2) is 52.0 Å². The summed E-state index contributed by atoms with van der Waals surface area (Å²) in [7, 11) is -3.77. The highest BCUT2D eigenvalue weighted by molar-refractivity contribution is 9.10. The number of sulfonamides is 1. The predicted molar refractivity (Wildman–Crippen MR) is 73.6 cm³/mol. The van der Waals surface area contributed by atoms with Gasteiger partial charge < -0.3 is 4.72 Å². The van der Waals surface area contributed by atoms with E-state index in [1.165, 1.54) is 24.4 Å². The largest absolute Gasteiger partial charge is 0.570 e. The molecule has 4 nitrogen and oxygen atoms in total. The fraction of sp³-hybridized carbons (Fsp3) is 0. The van der Waals surface area contributed by atoms with E-state index < -0.39 is 10.0 Å². The van der Waals surface area contributed by atoms with Crippen molar-refractivity contribution in [2.45, 2.75) is 4.90 Å². The molecule has 1 aromatic carbocycles. The van der Waals surface area contributed by atoms with Gasteiger partial charge in [0.05, 0.1) is 4.90 Å². The predicted octanol–water partition coefficient (Wildman–Crippen LogP) is 3.89. The van der Waals surface area contributed by atoms with Crippen molar-refractivity contribution in [1.29, 1.82) is 0 Å². The molecule has 1 heterocycles. The van der Waals surface area contributed by atoms with E-state index in [2.05, 4.69) is 25.6 Å². The van der Waals surface area contributed by atoms with Gasteiger partial charge in [-0.3, -0.25) is 0 Å². The van der Waals surface area contributed by atoms with Crippen molar-refractivity contribution < 1.29 is 8.42 Å². The maximum absolute atomic E-state index is 12.0. The van der Waals surface area contributed by atoms with Crippen molar-refractivity contribution in [3.8, 4) is 0 Å². The minimum absolute atomic E-state index is 0.0395. The van der Waals surface area contributed by atoms with Crippen molar-refractivity contribution in [3.05, 3.63) is 56.9 Å². The summed E-state index contributed by atoms with van der Waals surface area (Å²) in [5.74, 6) is 0. The van der Waals surface area contributed by atoms with Gasteiger partial charge in [0.15, 0.2) is 0 Å². The van der Waals surface area contributed by atoms with Crippen LogP contribution in [-0.4, -0.2) is 13.4 Å². The van der Waals surface area contributed by atoms with Gasteiger partial charge in [0, 0.05) is 10.7 Å². The highest BCUT2D eigenvalue weighted by atomic mass is 79.9. The molecule has 0 aliphatic heterocycles.